The molecule has 0 unspecified atom stereocenters. The number of nitrogens with two attached hydrogens (primary N) is 1. The van der Waals surface area contributed by atoms with Crippen molar-refractivity contribution in [2.45, 2.75) is 6.54 Å². The number of benzene rings is 4. The van der Waals surface area contributed by atoms with E-state index in [0.29, 0.717) is 17.1 Å². The van der Waals surface area contributed by atoms with Gasteiger partial charge in [-0.2, -0.15) is 0 Å². The minimum absolute atomic E-state index is 0.436. The van der Waals surface area contributed by atoms with Crippen molar-refractivity contribution >= 4 is 61.9 Å². The first kappa shape index (κ1) is 20.1. The van der Waals surface area contributed by atoms with Crippen molar-refractivity contribution in [1.82, 2.24) is 4.57 Å². The summed E-state index contributed by atoms with van der Waals surface area (Å²) in [6.45, 7) is 0.678. The lowest BCUT2D eigenvalue weighted by Gasteiger charge is -2.09. The van der Waals surface area contributed by atoms with E-state index < -0.39 is 5.91 Å². The van der Waals surface area contributed by atoms with Crippen LogP contribution >= 0.6 is 34.2 Å². The van der Waals surface area contributed by atoms with Gasteiger partial charge in [0.1, 0.15) is 0 Å². The largest absolute Gasteiger partial charge is 0.366 e. The van der Waals surface area contributed by atoms with Gasteiger partial charge < -0.3 is 10.3 Å². The number of carbonyl (C=O) groups excluding carboxylic acids is 1. The number of nitrogens with zero attached hydrogens (tertiary/aromatic N) is 1. The van der Waals surface area contributed by atoms with Crippen LogP contribution < -0.4 is 5.73 Å². The van der Waals surface area contributed by atoms with E-state index in [-0.39, 0.29) is 0 Å². The summed E-state index contributed by atoms with van der Waals surface area (Å²) >= 11 is 8.37. The van der Waals surface area contributed by atoms with E-state index in [1.807, 2.05) is 42.5 Å². The lowest BCUT2D eigenvalue weighted by molar-refractivity contribution is 0.100. The molecule has 0 fully saturated rings. The molecular formula is C26H17ClIN2O. The molecule has 1 heterocycles. The average molecular weight is 536 g/mol. The smallest absolute Gasteiger partial charge is 0.249 e. The van der Waals surface area contributed by atoms with Crippen LogP contribution in [0, 0.1) is 9.64 Å². The normalized spacial score (nSPS) is 11.3. The van der Waals surface area contributed by atoms with Crippen LogP contribution in [0.5, 0.6) is 0 Å². The van der Waals surface area contributed by atoms with Crippen LogP contribution in [-0.2, 0) is 6.54 Å². The van der Waals surface area contributed by atoms with Gasteiger partial charge in [0.25, 0.3) is 0 Å². The first-order valence-electron chi connectivity index (χ1n) is 9.78. The fraction of sp³-hybridized carbons (Fsp3) is 0.0385. The number of amides is 1. The van der Waals surface area contributed by atoms with Crippen molar-refractivity contribution in [2.24, 2.45) is 5.73 Å². The highest BCUT2D eigenvalue weighted by Crippen LogP contribution is 2.35. The van der Waals surface area contributed by atoms with E-state index in [4.69, 9.17) is 17.3 Å². The Hall–Kier alpha value is -2.83. The third kappa shape index (κ3) is 3.70. The number of hydrogen-bond acceptors (Lipinski definition) is 1. The van der Waals surface area contributed by atoms with Gasteiger partial charge in [0.15, 0.2) is 0 Å². The molecule has 4 aromatic carbocycles. The molecule has 0 bridgehead atoms. The maximum Gasteiger partial charge on any atom is 0.249 e. The zero-order valence-corrected chi connectivity index (χ0v) is 19.3. The second-order valence-electron chi connectivity index (χ2n) is 7.43. The highest BCUT2D eigenvalue weighted by atomic mass is 127. The summed E-state index contributed by atoms with van der Waals surface area (Å²) in [5.41, 5.74) is 11.5. The third-order valence-corrected chi connectivity index (χ3v) is 6.46. The van der Waals surface area contributed by atoms with E-state index in [0.717, 1.165) is 32.9 Å². The monoisotopic (exact) mass is 535 g/mol. The first-order chi connectivity index (χ1) is 15.0. The average Bonchev–Trinajstić information content (AvgIpc) is 3.09. The summed E-state index contributed by atoms with van der Waals surface area (Å²) in [6.07, 6.45) is 0. The van der Waals surface area contributed by atoms with Gasteiger partial charge in [-0.3, -0.25) is 4.79 Å². The summed E-state index contributed by atoms with van der Waals surface area (Å²) in [7, 11) is 0. The predicted molar refractivity (Wildman–Crippen MR) is 136 cm³/mol. The maximum atomic E-state index is 12.2. The van der Waals surface area contributed by atoms with Crippen molar-refractivity contribution in [3.05, 3.63) is 105 Å². The molecule has 0 aliphatic heterocycles. The van der Waals surface area contributed by atoms with E-state index in [1.165, 1.54) is 9.13 Å². The predicted octanol–water partition coefficient (Wildman–Crippen LogP) is 6.67. The molecule has 0 saturated heterocycles. The van der Waals surface area contributed by atoms with Gasteiger partial charge in [-0.15, -0.1) is 0 Å². The van der Waals surface area contributed by atoms with Crippen LogP contribution in [0.25, 0.3) is 32.9 Å². The number of fused-ring (bicyclic) bond motifs is 3. The number of primary amides is 1. The van der Waals surface area contributed by atoms with Crippen molar-refractivity contribution in [3.8, 4) is 11.1 Å². The van der Waals surface area contributed by atoms with Gasteiger partial charge in [0.2, 0.25) is 5.91 Å². The Bertz CT molecular complexity index is 1440. The Kier molecular flexibility index (Phi) is 5.20. The molecule has 151 valence electrons. The molecule has 5 aromatic rings. The topological polar surface area (TPSA) is 48.0 Å². The molecule has 5 rings (SSSR count). The highest BCUT2D eigenvalue weighted by Gasteiger charge is 2.17. The number of halogens is 2. The molecule has 0 saturated carbocycles. The Morgan fingerprint density at radius 1 is 0.968 bits per heavy atom. The zero-order valence-electron chi connectivity index (χ0n) is 16.4. The molecule has 1 aromatic heterocycles. The van der Waals surface area contributed by atoms with Crippen LogP contribution in [-0.4, -0.2) is 10.5 Å². The third-order valence-electron chi connectivity index (χ3n) is 5.49. The van der Waals surface area contributed by atoms with Gasteiger partial charge in [0.05, 0.1) is 11.0 Å². The number of aromatic nitrogens is 1. The Balaban J connectivity index is 1.78. The Morgan fingerprint density at radius 3 is 2.42 bits per heavy atom. The first-order valence-corrected chi connectivity index (χ1v) is 11.2. The molecule has 3 nitrogen and oxygen atoms in total. The van der Waals surface area contributed by atoms with Crippen LogP contribution in [0.3, 0.4) is 0 Å². The molecule has 0 aliphatic rings. The van der Waals surface area contributed by atoms with Crippen LogP contribution in [0.15, 0.2) is 78.9 Å². The van der Waals surface area contributed by atoms with Crippen LogP contribution in [0.2, 0.25) is 5.02 Å². The second kappa shape index (κ2) is 8.02. The minimum atomic E-state index is -0.436. The van der Waals surface area contributed by atoms with E-state index in [2.05, 4.69) is 63.6 Å². The molecule has 0 aliphatic carbocycles. The fourth-order valence-corrected chi connectivity index (χ4v) is 4.50. The van der Waals surface area contributed by atoms with E-state index in [9.17, 15) is 4.79 Å². The number of rotatable bonds is 4. The summed E-state index contributed by atoms with van der Waals surface area (Å²) < 4.78 is 3.42. The maximum absolute atomic E-state index is 12.2. The highest BCUT2D eigenvalue weighted by molar-refractivity contribution is 14.1. The van der Waals surface area contributed by atoms with Crippen molar-refractivity contribution in [3.63, 3.8) is 0 Å². The molecular weight excluding hydrogens is 519 g/mol. The standard InChI is InChI=1S/C26H17ClIN2O/c27-19-9-6-17(7-10-19)18-8-13-21-24(14-18)30(15-16-4-11-20(28)12-5-16)23-3-1-2-22(25(21)23)26(29)31/h1-12,14H,15H2,(H2,29,31). The molecule has 1 amide bonds. The van der Waals surface area contributed by atoms with E-state index in [1.54, 1.807) is 6.07 Å². The Morgan fingerprint density at radius 2 is 1.71 bits per heavy atom. The Labute approximate surface area is 198 Å². The van der Waals surface area contributed by atoms with Crippen LogP contribution in [0.1, 0.15) is 15.9 Å². The molecule has 0 spiro atoms. The van der Waals surface area contributed by atoms with Gasteiger partial charge >= 0.3 is 0 Å². The van der Waals surface area contributed by atoms with Crippen molar-refractivity contribution in [2.75, 3.05) is 0 Å². The molecule has 1 radical (unpaired) electrons. The summed E-state index contributed by atoms with van der Waals surface area (Å²) in [5, 5.41) is 2.44. The van der Waals surface area contributed by atoms with Crippen LogP contribution in [0.4, 0.5) is 0 Å². The fourth-order valence-electron chi connectivity index (χ4n) is 4.01. The molecule has 5 heteroatoms. The van der Waals surface area contributed by atoms with Gasteiger partial charge in [-0.25, -0.2) is 0 Å². The summed E-state index contributed by atoms with van der Waals surface area (Å²) in [6, 6.07) is 29.4. The number of carbonyl (C=O) groups is 1. The van der Waals surface area contributed by atoms with Gasteiger partial charge in [-0.05, 0) is 93.9 Å². The zero-order chi connectivity index (χ0) is 21.5. The summed E-state index contributed by atoms with van der Waals surface area (Å²) in [5.74, 6) is -0.436. The minimum Gasteiger partial charge on any atom is -0.366 e. The van der Waals surface area contributed by atoms with E-state index >= 15 is 0 Å². The van der Waals surface area contributed by atoms with Gasteiger partial charge in [0, 0.05) is 31.5 Å². The second-order valence-corrected chi connectivity index (χ2v) is 9.11. The molecule has 2 N–H and O–H groups in total. The lowest BCUT2D eigenvalue weighted by atomic mass is 10.0. The van der Waals surface area contributed by atoms with Gasteiger partial charge in [-0.1, -0.05) is 41.9 Å². The lowest BCUT2D eigenvalue weighted by Crippen LogP contribution is -2.11. The van der Waals surface area contributed by atoms with Crippen molar-refractivity contribution in [1.29, 1.82) is 0 Å². The SMILES string of the molecule is NC(=O)c1cccc2c1c1[c]cc(-c3ccc(Cl)cc3)cc1n2Cc1ccc(I)cc1. The van der Waals surface area contributed by atoms with Crippen molar-refractivity contribution < 1.29 is 4.79 Å². The summed E-state index contributed by atoms with van der Waals surface area (Å²) in [4.78, 5) is 12.2. The molecule has 31 heavy (non-hydrogen) atoms. The molecule has 0 atom stereocenters. The number of hydrogen-bond donors (Lipinski definition) is 1. The quantitative estimate of drug-likeness (QED) is 0.257.